The second-order valence-corrected chi connectivity index (χ2v) is 5.26. The number of amides is 1. The predicted octanol–water partition coefficient (Wildman–Crippen LogP) is 2.06. The van der Waals surface area contributed by atoms with Crippen LogP contribution in [0.1, 0.15) is 50.8 Å². The Labute approximate surface area is 109 Å². The third kappa shape index (κ3) is 3.03. The summed E-state index contributed by atoms with van der Waals surface area (Å²) in [4.78, 5) is 14.3. The molecule has 18 heavy (non-hydrogen) atoms. The van der Waals surface area contributed by atoms with Gasteiger partial charge < -0.3 is 10.6 Å². The van der Waals surface area contributed by atoms with E-state index in [0.29, 0.717) is 23.8 Å². The Morgan fingerprint density at radius 2 is 2.00 bits per heavy atom. The molecule has 0 fully saturated rings. The molecule has 0 aliphatic carbocycles. The van der Waals surface area contributed by atoms with Gasteiger partial charge in [-0.05, 0) is 26.2 Å². The lowest BCUT2D eigenvalue weighted by molar-refractivity contribution is 0.0677. The first-order valence-corrected chi connectivity index (χ1v) is 6.52. The smallest absolute Gasteiger partial charge is 0.276 e. The normalized spacial score (nSPS) is 11.3. The molecule has 1 amide bonds. The number of anilines is 1. The number of nitrogens with two attached hydrogens (primary N) is 1. The van der Waals surface area contributed by atoms with Crippen LogP contribution in [0.2, 0.25) is 0 Å². The molecule has 0 spiro atoms. The van der Waals surface area contributed by atoms with Crippen molar-refractivity contribution in [2.75, 3.05) is 12.3 Å². The van der Waals surface area contributed by atoms with E-state index in [2.05, 4.69) is 24.0 Å². The number of aromatic amines is 1. The highest BCUT2D eigenvalue weighted by atomic mass is 16.2. The Morgan fingerprint density at radius 3 is 2.39 bits per heavy atom. The fourth-order valence-electron chi connectivity index (χ4n) is 1.88. The zero-order valence-corrected chi connectivity index (χ0v) is 11.9. The van der Waals surface area contributed by atoms with Crippen molar-refractivity contribution in [3.8, 4) is 0 Å². The molecule has 0 radical (unpaired) electrons. The van der Waals surface area contributed by atoms with Crippen molar-refractivity contribution in [2.45, 2.75) is 47.1 Å². The largest absolute Gasteiger partial charge is 0.395 e. The summed E-state index contributed by atoms with van der Waals surface area (Å²) < 4.78 is 0. The Morgan fingerprint density at radius 1 is 1.39 bits per heavy atom. The van der Waals surface area contributed by atoms with Crippen LogP contribution >= 0.6 is 0 Å². The van der Waals surface area contributed by atoms with Crippen LogP contribution in [-0.2, 0) is 6.42 Å². The molecule has 0 bridgehead atoms. The van der Waals surface area contributed by atoms with Crippen molar-refractivity contribution < 1.29 is 4.79 Å². The topological polar surface area (TPSA) is 75.0 Å². The molecule has 5 nitrogen and oxygen atoms in total. The molecule has 0 saturated heterocycles. The van der Waals surface area contributed by atoms with E-state index < -0.39 is 0 Å². The summed E-state index contributed by atoms with van der Waals surface area (Å²) in [6.45, 7) is 10.9. The average Bonchev–Trinajstić information content (AvgIpc) is 2.65. The molecule has 0 saturated carbocycles. The lowest BCUT2D eigenvalue weighted by atomic mass is 10.1. The van der Waals surface area contributed by atoms with Gasteiger partial charge in [0, 0.05) is 12.6 Å². The lowest BCUT2D eigenvalue weighted by Gasteiger charge is -2.27. The first-order chi connectivity index (χ1) is 8.38. The summed E-state index contributed by atoms with van der Waals surface area (Å²) in [6.07, 6.45) is 0.748. The van der Waals surface area contributed by atoms with Gasteiger partial charge in [0.25, 0.3) is 5.91 Å². The monoisotopic (exact) mass is 252 g/mol. The van der Waals surface area contributed by atoms with E-state index in [4.69, 9.17) is 5.73 Å². The maximum absolute atomic E-state index is 12.4. The van der Waals surface area contributed by atoms with Gasteiger partial charge in [-0.3, -0.25) is 9.89 Å². The molecule has 102 valence electrons. The predicted molar refractivity (Wildman–Crippen MR) is 73.4 cm³/mol. The number of aromatic nitrogens is 2. The first-order valence-electron chi connectivity index (χ1n) is 6.52. The number of rotatable bonds is 5. The molecule has 5 heteroatoms. The number of carbonyl (C=O) groups excluding carboxylic acids is 1. The molecular weight excluding hydrogens is 228 g/mol. The van der Waals surface area contributed by atoms with Crippen molar-refractivity contribution >= 4 is 11.6 Å². The van der Waals surface area contributed by atoms with E-state index in [1.165, 1.54) is 0 Å². The Kier molecular flexibility index (Phi) is 4.76. The maximum atomic E-state index is 12.4. The first kappa shape index (κ1) is 14.5. The summed E-state index contributed by atoms with van der Waals surface area (Å²) in [5.74, 6) is 0.328. The van der Waals surface area contributed by atoms with Gasteiger partial charge in [0.1, 0.15) is 0 Å². The Balaban J connectivity index is 2.98. The molecule has 0 aliphatic rings. The number of carbonyl (C=O) groups is 1. The van der Waals surface area contributed by atoms with Crippen molar-refractivity contribution in [1.82, 2.24) is 15.1 Å². The number of hydrogen-bond donors (Lipinski definition) is 2. The van der Waals surface area contributed by atoms with Crippen LogP contribution in [0.4, 0.5) is 5.69 Å². The van der Waals surface area contributed by atoms with Crippen molar-refractivity contribution in [3.05, 3.63) is 11.4 Å². The molecule has 1 heterocycles. The summed E-state index contributed by atoms with van der Waals surface area (Å²) in [5, 5.41) is 6.89. The van der Waals surface area contributed by atoms with Gasteiger partial charge >= 0.3 is 0 Å². The second kappa shape index (κ2) is 5.89. The van der Waals surface area contributed by atoms with E-state index in [0.717, 1.165) is 12.1 Å². The van der Waals surface area contributed by atoms with Gasteiger partial charge in [0.15, 0.2) is 5.69 Å². The number of nitrogens with zero attached hydrogens (tertiary/aromatic N) is 2. The van der Waals surface area contributed by atoms with Crippen molar-refractivity contribution in [1.29, 1.82) is 0 Å². The second-order valence-electron chi connectivity index (χ2n) is 5.26. The van der Waals surface area contributed by atoms with Gasteiger partial charge in [-0.25, -0.2) is 0 Å². The fraction of sp³-hybridized carbons (Fsp3) is 0.692. The molecule has 1 aromatic rings. The highest BCUT2D eigenvalue weighted by Gasteiger charge is 2.24. The minimum Gasteiger partial charge on any atom is -0.395 e. The Bertz CT molecular complexity index is 409. The van der Waals surface area contributed by atoms with Crippen LogP contribution in [0.5, 0.6) is 0 Å². The standard InChI is InChI=1S/C13H24N4O/c1-6-10-11(14)12(16-15-10)13(18)17(9(4)5)7-8(2)3/h8-9H,6-7,14H2,1-5H3,(H,15,16). The third-order valence-electron chi connectivity index (χ3n) is 2.89. The molecule has 1 aromatic heterocycles. The molecule has 0 aromatic carbocycles. The zero-order chi connectivity index (χ0) is 13.9. The summed E-state index contributed by atoms with van der Waals surface area (Å²) in [6, 6.07) is 0.140. The molecular formula is C13H24N4O. The Hall–Kier alpha value is -1.52. The molecule has 0 unspecified atom stereocenters. The summed E-state index contributed by atoms with van der Waals surface area (Å²) in [5.41, 5.74) is 7.60. The van der Waals surface area contributed by atoms with Crippen LogP contribution < -0.4 is 5.73 Å². The molecule has 1 rings (SSSR count). The quantitative estimate of drug-likeness (QED) is 0.842. The van der Waals surface area contributed by atoms with Gasteiger partial charge in [-0.15, -0.1) is 0 Å². The van der Waals surface area contributed by atoms with E-state index in [9.17, 15) is 4.79 Å². The van der Waals surface area contributed by atoms with Crippen LogP contribution in [0.25, 0.3) is 0 Å². The minimum absolute atomic E-state index is 0.0906. The molecule has 0 atom stereocenters. The number of hydrogen-bond acceptors (Lipinski definition) is 3. The third-order valence-corrected chi connectivity index (χ3v) is 2.89. The fourth-order valence-corrected chi connectivity index (χ4v) is 1.88. The van der Waals surface area contributed by atoms with E-state index in [1.54, 1.807) is 0 Å². The minimum atomic E-state index is -0.0906. The van der Waals surface area contributed by atoms with Gasteiger partial charge in [0.2, 0.25) is 0 Å². The maximum Gasteiger partial charge on any atom is 0.276 e. The number of aryl methyl sites for hydroxylation is 1. The van der Waals surface area contributed by atoms with Crippen LogP contribution in [0, 0.1) is 5.92 Å². The number of H-pyrrole nitrogens is 1. The summed E-state index contributed by atoms with van der Waals surface area (Å²) in [7, 11) is 0. The van der Waals surface area contributed by atoms with Gasteiger partial charge in [-0.1, -0.05) is 20.8 Å². The SMILES string of the molecule is CCc1[nH]nc(C(=O)N(CC(C)C)C(C)C)c1N. The van der Waals surface area contributed by atoms with Crippen molar-refractivity contribution in [2.24, 2.45) is 5.92 Å². The number of nitrogens with one attached hydrogen (secondary N) is 1. The van der Waals surface area contributed by atoms with Crippen LogP contribution in [0.3, 0.4) is 0 Å². The highest BCUT2D eigenvalue weighted by molar-refractivity contribution is 5.97. The van der Waals surface area contributed by atoms with Crippen LogP contribution in [-0.4, -0.2) is 33.6 Å². The van der Waals surface area contributed by atoms with Gasteiger partial charge in [0.05, 0.1) is 11.4 Å². The lowest BCUT2D eigenvalue weighted by Crippen LogP contribution is -2.40. The van der Waals surface area contributed by atoms with E-state index in [1.807, 2.05) is 25.7 Å². The highest BCUT2D eigenvalue weighted by Crippen LogP contribution is 2.18. The summed E-state index contributed by atoms with van der Waals surface area (Å²) >= 11 is 0. The van der Waals surface area contributed by atoms with E-state index in [-0.39, 0.29) is 11.9 Å². The van der Waals surface area contributed by atoms with Crippen LogP contribution in [0.15, 0.2) is 0 Å². The average molecular weight is 252 g/mol. The number of nitrogen functional groups attached to an aromatic ring is 1. The van der Waals surface area contributed by atoms with E-state index >= 15 is 0 Å². The van der Waals surface area contributed by atoms with Gasteiger partial charge in [-0.2, -0.15) is 5.10 Å². The molecule has 3 N–H and O–H groups in total. The van der Waals surface area contributed by atoms with Crippen molar-refractivity contribution in [3.63, 3.8) is 0 Å². The molecule has 0 aliphatic heterocycles. The zero-order valence-electron chi connectivity index (χ0n) is 11.9.